The van der Waals surface area contributed by atoms with Gasteiger partial charge in [0.1, 0.15) is 0 Å². The number of Topliss-reactive ketones (excluding diaryl/α,β-unsaturated/α-hetero) is 1. The van der Waals surface area contributed by atoms with Crippen LogP contribution in [-0.4, -0.2) is 39.8 Å². The molecule has 1 atom stereocenters. The summed E-state index contributed by atoms with van der Waals surface area (Å²) in [5.41, 5.74) is 1.62. The molecule has 1 aromatic rings. The zero-order valence-corrected chi connectivity index (χ0v) is 11.4. The van der Waals surface area contributed by atoms with Gasteiger partial charge in [0.25, 0.3) is 0 Å². The van der Waals surface area contributed by atoms with Crippen molar-refractivity contribution in [2.24, 2.45) is 5.92 Å². The van der Waals surface area contributed by atoms with Crippen molar-refractivity contribution in [2.75, 3.05) is 30.5 Å². The van der Waals surface area contributed by atoms with Gasteiger partial charge < -0.3 is 4.90 Å². The Hall–Kier alpha value is -1.36. The molecule has 0 aromatic heterocycles. The smallest absolute Gasteiger partial charge is 0.166 e. The normalized spacial score (nSPS) is 21.8. The molecule has 0 bridgehead atoms. The highest BCUT2D eigenvalue weighted by Gasteiger charge is 2.33. The minimum atomic E-state index is -3.00. The SMILES string of the molecule is CN(C)c1ccc(C(=O)C2CCS(=O)(=O)C2)cc1. The van der Waals surface area contributed by atoms with Gasteiger partial charge >= 0.3 is 0 Å². The summed E-state index contributed by atoms with van der Waals surface area (Å²) in [5, 5.41) is 0. The number of nitrogens with zero attached hydrogens (tertiary/aromatic N) is 1. The van der Waals surface area contributed by atoms with Crippen LogP contribution in [0.3, 0.4) is 0 Å². The van der Waals surface area contributed by atoms with Gasteiger partial charge in [0, 0.05) is 31.3 Å². The molecule has 1 heterocycles. The molecule has 1 fully saturated rings. The van der Waals surface area contributed by atoms with Crippen LogP contribution in [0.5, 0.6) is 0 Å². The molecule has 1 aliphatic heterocycles. The highest BCUT2D eigenvalue weighted by Crippen LogP contribution is 2.23. The number of anilines is 1. The molecule has 0 radical (unpaired) electrons. The molecule has 2 rings (SSSR count). The van der Waals surface area contributed by atoms with Crippen LogP contribution in [0.25, 0.3) is 0 Å². The number of carbonyl (C=O) groups excluding carboxylic acids is 1. The molecular weight excluding hydrogens is 250 g/mol. The first-order valence-corrected chi connectivity index (χ1v) is 7.73. The van der Waals surface area contributed by atoms with Gasteiger partial charge in [0.05, 0.1) is 11.5 Å². The van der Waals surface area contributed by atoms with E-state index in [0.29, 0.717) is 12.0 Å². The summed E-state index contributed by atoms with van der Waals surface area (Å²) in [6.45, 7) is 0. The molecule has 5 heteroatoms. The molecule has 0 N–H and O–H groups in total. The van der Waals surface area contributed by atoms with Crippen molar-refractivity contribution in [3.05, 3.63) is 29.8 Å². The predicted octanol–water partition coefficient (Wildman–Crippen LogP) is 1.37. The molecule has 0 saturated carbocycles. The molecule has 98 valence electrons. The number of ketones is 1. The van der Waals surface area contributed by atoms with E-state index in [4.69, 9.17) is 0 Å². The average molecular weight is 267 g/mol. The highest BCUT2D eigenvalue weighted by atomic mass is 32.2. The molecule has 0 amide bonds. The van der Waals surface area contributed by atoms with E-state index < -0.39 is 9.84 Å². The van der Waals surface area contributed by atoms with Gasteiger partial charge in [-0.3, -0.25) is 4.79 Å². The zero-order valence-electron chi connectivity index (χ0n) is 10.6. The number of hydrogen-bond acceptors (Lipinski definition) is 4. The van der Waals surface area contributed by atoms with Gasteiger partial charge in [-0.05, 0) is 30.7 Å². The molecule has 18 heavy (non-hydrogen) atoms. The lowest BCUT2D eigenvalue weighted by atomic mass is 9.97. The third-order valence-electron chi connectivity index (χ3n) is 3.27. The summed E-state index contributed by atoms with van der Waals surface area (Å²) in [6, 6.07) is 7.28. The fourth-order valence-corrected chi connectivity index (χ4v) is 3.90. The molecule has 0 aliphatic carbocycles. The van der Waals surface area contributed by atoms with E-state index >= 15 is 0 Å². The molecule has 0 spiro atoms. The average Bonchev–Trinajstić information content (AvgIpc) is 2.69. The zero-order chi connectivity index (χ0) is 13.3. The van der Waals surface area contributed by atoms with E-state index in [2.05, 4.69) is 0 Å². The van der Waals surface area contributed by atoms with E-state index in [1.807, 2.05) is 31.1 Å². The van der Waals surface area contributed by atoms with Gasteiger partial charge in [-0.25, -0.2) is 8.42 Å². The van der Waals surface area contributed by atoms with Crippen LogP contribution in [0.15, 0.2) is 24.3 Å². The lowest BCUT2D eigenvalue weighted by Gasteiger charge is -2.13. The Morgan fingerprint density at radius 1 is 1.22 bits per heavy atom. The summed E-state index contributed by atoms with van der Waals surface area (Å²) in [6.07, 6.45) is 0.455. The van der Waals surface area contributed by atoms with Crippen molar-refractivity contribution >= 4 is 21.3 Å². The number of sulfone groups is 1. The van der Waals surface area contributed by atoms with Gasteiger partial charge in [-0.15, -0.1) is 0 Å². The standard InChI is InChI=1S/C13H17NO3S/c1-14(2)12-5-3-10(4-6-12)13(15)11-7-8-18(16,17)9-11/h3-6,11H,7-9H2,1-2H3. The molecule has 1 aliphatic rings. The second-order valence-electron chi connectivity index (χ2n) is 4.91. The molecule has 1 aromatic carbocycles. The lowest BCUT2D eigenvalue weighted by molar-refractivity contribution is 0.0933. The van der Waals surface area contributed by atoms with Crippen LogP contribution < -0.4 is 4.90 Å². The van der Waals surface area contributed by atoms with Crippen molar-refractivity contribution in [3.63, 3.8) is 0 Å². The fourth-order valence-electron chi connectivity index (χ4n) is 2.16. The Balaban J connectivity index is 2.15. The van der Waals surface area contributed by atoms with Crippen LogP contribution >= 0.6 is 0 Å². The monoisotopic (exact) mass is 267 g/mol. The number of rotatable bonds is 3. The summed E-state index contributed by atoms with van der Waals surface area (Å²) in [5.74, 6) is -0.276. The minimum Gasteiger partial charge on any atom is -0.378 e. The maximum absolute atomic E-state index is 12.1. The van der Waals surface area contributed by atoms with E-state index in [9.17, 15) is 13.2 Å². The van der Waals surface area contributed by atoms with Gasteiger partial charge in [0.15, 0.2) is 15.6 Å². The van der Waals surface area contributed by atoms with Crippen LogP contribution in [0.2, 0.25) is 0 Å². The Morgan fingerprint density at radius 3 is 2.28 bits per heavy atom. The van der Waals surface area contributed by atoms with Crippen LogP contribution in [-0.2, 0) is 9.84 Å². The van der Waals surface area contributed by atoms with Crippen molar-refractivity contribution in [3.8, 4) is 0 Å². The van der Waals surface area contributed by atoms with Crippen LogP contribution in [0.4, 0.5) is 5.69 Å². The Bertz CT molecular complexity index is 546. The second-order valence-corrected chi connectivity index (χ2v) is 7.13. The van der Waals surface area contributed by atoms with Crippen molar-refractivity contribution < 1.29 is 13.2 Å². The second kappa shape index (κ2) is 4.72. The topological polar surface area (TPSA) is 54.5 Å². The molecule has 1 saturated heterocycles. The molecular formula is C13H17NO3S. The summed E-state index contributed by atoms with van der Waals surface area (Å²) in [4.78, 5) is 14.1. The highest BCUT2D eigenvalue weighted by molar-refractivity contribution is 7.91. The lowest BCUT2D eigenvalue weighted by Crippen LogP contribution is -2.16. The van der Waals surface area contributed by atoms with Crippen molar-refractivity contribution in [1.29, 1.82) is 0 Å². The Morgan fingerprint density at radius 2 is 1.83 bits per heavy atom. The van der Waals surface area contributed by atoms with Gasteiger partial charge in [0.2, 0.25) is 0 Å². The summed E-state index contributed by atoms with van der Waals surface area (Å²) in [7, 11) is 0.863. The molecule has 4 nitrogen and oxygen atoms in total. The third-order valence-corrected chi connectivity index (χ3v) is 5.04. The summed E-state index contributed by atoms with van der Waals surface area (Å²) < 4.78 is 22.7. The van der Waals surface area contributed by atoms with Crippen LogP contribution in [0, 0.1) is 5.92 Å². The number of carbonyl (C=O) groups is 1. The van der Waals surface area contributed by atoms with Crippen LogP contribution in [0.1, 0.15) is 16.8 Å². The quantitative estimate of drug-likeness (QED) is 0.776. The Kier molecular flexibility index (Phi) is 3.43. The number of benzene rings is 1. The maximum atomic E-state index is 12.1. The van der Waals surface area contributed by atoms with E-state index in [1.54, 1.807) is 12.1 Å². The molecule has 1 unspecified atom stereocenters. The minimum absolute atomic E-state index is 0.00126. The first-order chi connectivity index (χ1) is 8.39. The first kappa shape index (κ1) is 13.1. The van der Waals surface area contributed by atoms with Gasteiger partial charge in [-0.2, -0.15) is 0 Å². The number of hydrogen-bond donors (Lipinski definition) is 0. The summed E-state index contributed by atoms with van der Waals surface area (Å²) >= 11 is 0. The fraction of sp³-hybridized carbons (Fsp3) is 0.462. The van der Waals surface area contributed by atoms with E-state index in [-0.39, 0.29) is 23.2 Å². The van der Waals surface area contributed by atoms with Gasteiger partial charge in [-0.1, -0.05) is 0 Å². The predicted molar refractivity (Wildman–Crippen MR) is 71.9 cm³/mol. The Labute approximate surface area is 108 Å². The van der Waals surface area contributed by atoms with E-state index in [0.717, 1.165) is 5.69 Å². The first-order valence-electron chi connectivity index (χ1n) is 5.91. The van der Waals surface area contributed by atoms with Crippen molar-refractivity contribution in [2.45, 2.75) is 6.42 Å². The third kappa shape index (κ3) is 2.72. The van der Waals surface area contributed by atoms with E-state index in [1.165, 1.54) is 0 Å². The van der Waals surface area contributed by atoms with Crippen molar-refractivity contribution in [1.82, 2.24) is 0 Å². The maximum Gasteiger partial charge on any atom is 0.166 e. The largest absolute Gasteiger partial charge is 0.378 e.